The summed E-state index contributed by atoms with van der Waals surface area (Å²) in [6.07, 6.45) is 0. The molecule has 2 aromatic rings. The minimum atomic E-state index is -0.0655. The van der Waals surface area contributed by atoms with Crippen LogP contribution >= 0.6 is 22.9 Å². The number of nitrogens with zero attached hydrogens (tertiary/aromatic N) is 3. The minimum absolute atomic E-state index is 0.00251. The molecule has 0 radical (unpaired) electrons. The number of thiophene rings is 1. The Labute approximate surface area is 128 Å². The maximum atomic E-state index is 12.1. The summed E-state index contributed by atoms with van der Waals surface area (Å²) in [6, 6.07) is 4.04. The molecule has 108 valence electrons. The van der Waals surface area contributed by atoms with Gasteiger partial charge >= 0.3 is 0 Å². The van der Waals surface area contributed by atoms with Gasteiger partial charge < -0.3 is 4.90 Å². The van der Waals surface area contributed by atoms with Crippen LogP contribution in [0.2, 0.25) is 0 Å². The lowest BCUT2D eigenvalue weighted by molar-refractivity contribution is -0.131. The Hall–Kier alpha value is -1.33. The molecule has 0 saturated carbocycles. The van der Waals surface area contributed by atoms with Gasteiger partial charge in [-0.25, -0.2) is 0 Å². The second kappa shape index (κ2) is 6.41. The molecule has 0 N–H and O–H groups in total. The zero-order chi connectivity index (χ0) is 14.7. The minimum Gasteiger partial charge on any atom is -0.329 e. The normalized spacial score (nSPS) is 12.4. The summed E-state index contributed by atoms with van der Waals surface area (Å²) in [4.78, 5) is 13.9. The van der Waals surface area contributed by atoms with E-state index in [1.54, 1.807) is 16.2 Å². The smallest absolute Gasteiger partial charge is 0.238 e. The van der Waals surface area contributed by atoms with Crippen LogP contribution in [0, 0.1) is 6.92 Å². The van der Waals surface area contributed by atoms with Gasteiger partial charge in [-0.05, 0) is 42.3 Å². The number of halogens is 1. The van der Waals surface area contributed by atoms with Crippen molar-refractivity contribution < 1.29 is 4.79 Å². The van der Waals surface area contributed by atoms with Crippen LogP contribution in [0.3, 0.4) is 0 Å². The second-order valence-corrected chi connectivity index (χ2v) is 5.84. The fraction of sp³-hybridized carbons (Fsp3) is 0.429. The van der Waals surface area contributed by atoms with E-state index < -0.39 is 0 Å². The molecule has 4 nitrogen and oxygen atoms in total. The Morgan fingerprint density at radius 3 is 2.85 bits per heavy atom. The quantitative estimate of drug-likeness (QED) is 0.796. The molecule has 1 atom stereocenters. The van der Waals surface area contributed by atoms with Crippen molar-refractivity contribution >= 4 is 28.8 Å². The number of carbonyl (C=O) groups is 1. The molecule has 1 amide bonds. The van der Waals surface area contributed by atoms with Gasteiger partial charge in [0.05, 0.1) is 24.0 Å². The highest BCUT2D eigenvalue weighted by molar-refractivity contribution is 7.07. The Morgan fingerprint density at radius 1 is 1.60 bits per heavy atom. The van der Waals surface area contributed by atoms with Crippen molar-refractivity contribution in [3.8, 4) is 0 Å². The highest BCUT2D eigenvalue weighted by atomic mass is 35.5. The zero-order valence-corrected chi connectivity index (χ0v) is 13.4. The molecule has 0 aliphatic carbocycles. The van der Waals surface area contributed by atoms with Crippen LogP contribution in [0.1, 0.15) is 29.9 Å². The van der Waals surface area contributed by atoms with Gasteiger partial charge in [0.25, 0.3) is 0 Å². The van der Waals surface area contributed by atoms with Crippen molar-refractivity contribution in [2.45, 2.75) is 26.4 Å². The number of hydrogen-bond donors (Lipinski definition) is 0. The van der Waals surface area contributed by atoms with E-state index >= 15 is 0 Å². The Bertz CT molecular complexity index is 579. The van der Waals surface area contributed by atoms with E-state index in [1.807, 2.05) is 43.1 Å². The van der Waals surface area contributed by atoms with E-state index in [1.165, 1.54) is 0 Å². The lowest BCUT2D eigenvalue weighted by Gasteiger charge is -2.28. The molecule has 2 heterocycles. The number of aromatic nitrogens is 2. The highest BCUT2D eigenvalue weighted by Gasteiger charge is 2.22. The topological polar surface area (TPSA) is 38.1 Å². The molecule has 0 spiro atoms. The van der Waals surface area contributed by atoms with Crippen molar-refractivity contribution in [3.63, 3.8) is 0 Å². The van der Waals surface area contributed by atoms with Gasteiger partial charge in [0.2, 0.25) is 5.91 Å². The number of hydrogen-bond acceptors (Lipinski definition) is 3. The first-order chi connectivity index (χ1) is 9.52. The van der Waals surface area contributed by atoms with Crippen LogP contribution in [0.25, 0.3) is 0 Å². The molecule has 0 fully saturated rings. The van der Waals surface area contributed by atoms with Crippen molar-refractivity contribution in [1.82, 2.24) is 14.7 Å². The fourth-order valence-electron chi connectivity index (χ4n) is 2.20. The number of rotatable bonds is 5. The third kappa shape index (κ3) is 3.22. The van der Waals surface area contributed by atoms with Crippen LogP contribution in [-0.2, 0) is 18.4 Å². The Kier molecular flexibility index (Phi) is 4.83. The van der Waals surface area contributed by atoms with Gasteiger partial charge in [0.1, 0.15) is 5.88 Å². The summed E-state index contributed by atoms with van der Waals surface area (Å²) >= 11 is 7.38. The highest BCUT2D eigenvalue weighted by Crippen LogP contribution is 2.24. The van der Waals surface area contributed by atoms with E-state index in [2.05, 4.69) is 10.5 Å². The predicted octanol–water partition coefficient (Wildman–Crippen LogP) is 3.12. The lowest BCUT2D eigenvalue weighted by Crippen LogP contribution is -2.34. The van der Waals surface area contributed by atoms with Gasteiger partial charge in [0, 0.05) is 7.05 Å². The summed E-state index contributed by atoms with van der Waals surface area (Å²) < 4.78 is 1.81. The molecule has 0 aliphatic rings. The molecular formula is C14H18ClN3OS. The van der Waals surface area contributed by atoms with Crippen molar-refractivity contribution in [1.29, 1.82) is 0 Å². The summed E-state index contributed by atoms with van der Waals surface area (Å²) in [7, 11) is 1.89. The van der Waals surface area contributed by atoms with Crippen LogP contribution in [0.15, 0.2) is 22.9 Å². The van der Waals surface area contributed by atoms with Gasteiger partial charge in [-0.3, -0.25) is 9.48 Å². The standard InChI is InChI=1S/C14H18ClN3OS/c1-10-6-13(17(3)16-10)8-18(14(19)7-15)11(2)12-4-5-20-9-12/h4-6,9,11H,7-8H2,1-3H3/t11-/m1/s1. The molecule has 0 aliphatic heterocycles. The number of alkyl halides is 1. The molecular weight excluding hydrogens is 294 g/mol. The fourth-order valence-corrected chi connectivity index (χ4v) is 3.10. The summed E-state index contributed by atoms with van der Waals surface area (Å²) in [6.45, 7) is 4.48. The summed E-state index contributed by atoms with van der Waals surface area (Å²) in [5.41, 5.74) is 3.08. The number of carbonyl (C=O) groups excluding carboxylic acids is 1. The maximum absolute atomic E-state index is 12.1. The van der Waals surface area contributed by atoms with Crippen LogP contribution in [-0.4, -0.2) is 26.5 Å². The monoisotopic (exact) mass is 311 g/mol. The van der Waals surface area contributed by atoms with Gasteiger partial charge in [-0.15, -0.1) is 11.6 Å². The van der Waals surface area contributed by atoms with Gasteiger partial charge in [-0.2, -0.15) is 16.4 Å². The molecule has 0 saturated heterocycles. The van der Waals surface area contributed by atoms with E-state index in [9.17, 15) is 4.79 Å². The molecule has 2 aromatic heterocycles. The number of amides is 1. The zero-order valence-electron chi connectivity index (χ0n) is 11.8. The maximum Gasteiger partial charge on any atom is 0.238 e. The SMILES string of the molecule is Cc1cc(CN(C(=O)CCl)[C@H](C)c2ccsc2)n(C)n1. The second-order valence-electron chi connectivity index (χ2n) is 4.79. The molecule has 2 rings (SSSR count). The van der Waals surface area contributed by atoms with Crippen molar-refractivity contribution in [2.75, 3.05) is 5.88 Å². The van der Waals surface area contributed by atoms with Crippen molar-refractivity contribution in [2.24, 2.45) is 7.05 Å². The van der Waals surface area contributed by atoms with E-state index in [-0.39, 0.29) is 17.8 Å². The molecule has 0 aromatic carbocycles. The summed E-state index contributed by atoms with van der Waals surface area (Å²) in [5.74, 6) is -0.0742. The Balaban J connectivity index is 2.24. The predicted molar refractivity (Wildman–Crippen MR) is 81.9 cm³/mol. The van der Waals surface area contributed by atoms with Crippen LogP contribution in [0.4, 0.5) is 0 Å². The molecule has 0 bridgehead atoms. The molecule has 0 unspecified atom stereocenters. The summed E-state index contributed by atoms with van der Waals surface area (Å²) in [5, 5.41) is 8.40. The lowest BCUT2D eigenvalue weighted by atomic mass is 10.1. The Morgan fingerprint density at radius 2 is 2.35 bits per heavy atom. The van der Waals surface area contributed by atoms with Crippen molar-refractivity contribution in [3.05, 3.63) is 39.8 Å². The van der Waals surface area contributed by atoms with E-state index in [4.69, 9.17) is 11.6 Å². The number of aryl methyl sites for hydroxylation is 2. The van der Waals surface area contributed by atoms with Crippen LogP contribution < -0.4 is 0 Å². The molecule has 20 heavy (non-hydrogen) atoms. The van der Waals surface area contributed by atoms with Gasteiger partial charge in [0.15, 0.2) is 0 Å². The first-order valence-electron chi connectivity index (χ1n) is 6.40. The average Bonchev–Trinajstić information content (AvgIpc) is 3.04. The average molecular weight is 312 g/mol. The third-order valence-corrected chi connectivity index (χ3v) is 4.29. The van der Waals surface area contributed by atoms with E-state index in [0.29, 0.717) is 6.54 Å². The third-order valence-electron chi connectivity index (χ3n) is 3.36. The van der Waals surface area contributed by atoms with Crippen LogP contribution in [0.5, 0.6) is 0 Å². The largest absolute Gasteiger partial charge is 0.329 e. The first-order valence-corrected chi connectivity index (χ1v) is 7.87. The van der Waals surface area contributed by atoms with Gasteiger partial charge in [-0.1, -0.05) is 0 Å². The molecule has 6 heteroatoms. The van der Waals surface area contributed by atoms with E-state index in [0.717, 1.165) is 17.0 Å². The first kappa shape index (κ1) is 15.1.